The summed E-state index contributed by atoms with van der Waals surface area (Å²) in [5.74, 6) is -0.750. The van der Waals surface area contributed by atoms with E-state index in [2.05, 4.69) is 51.8 Å². The van der Waals surface area contributed by atoms with Crippen molar-refractivity contribution in [3.63, 3.8) is 0 Å². The van der Waals surface area contributed by atoms with E-state index in [-0.39, 0.29) is 39.9 Å². The van der Waals surface area contributed by atoms with E-state index in [1.165, 1.54) is 27.7 Å². The van der Waals surface area contributed by atoms with E-state index in [1.54, 1.807) is 37.2 Å². The van der Waals surface area contributed by atoms with Crippen LogP contribution in [0.3, 0.4) is 0 Å². The van der Waals surface area contributed by atoms with E-state index in [0.29, 0.717) is 0 Å². The van der Waals surface area contributed by atoms with E-state index in [4.69, 9.17) is 0 Å². The number of halogens is 2. The maximum Gasteiger partial charge on any atom is 2.00 e. The van der Waals surface area contributed by atoms with Crippen molar-refractivity contribution in [3.05, 3.63) is 70.1 Å². The van der Waals surface area contributed by atoms with E-state index in [1.807, 2.05) is 0 Å². The van der Waals surface area contributed by atoms with Gasteiger partial charge in [0.25, 0.3) is 0 Å². The first-order chi connectivity index (χ1) is 13.0. The molecule has 0 saturated heterocycles. The van der Waals surface area contributed by atoms with Crippen LogP contribution in [-0.4, -0.2) is 31.5 Å². The molecule has 0 aromatic carbocycles. The van der Waals surface area contributed by atoms with Gasteiger partial charge in [0.1, 0.15) is 9.21 Å². The fourth-order valence-electron chi connectivity index (χ4n) is 1.13. The molecule has 2 heterocycles. The fraction of sp³-hybridized carbons (Fsp3) is 0.222. The van der Waals surface area contributed by atoms with E-state index < -0.39 is 0 Å². The minimum Gasteiger partial charge on any atom is -0.876 e. The number of hydrogen-bond acceptors (Lipinski definition) is 8. The summed E-state index contributed by atoms with van der Waals surface area (Å²) in [6.45, 7) is 5.39. The molecule has 1 radical (unpaired) electrons. The van der Waals surface area contributed by atoms with Crippen molar-refractivity contribution in [2.24, 2.45) is 0 Å². The third-order valence-electron chi connectivity index (χ3n) is 1.88. The largest absolute Gasteiger partial charge is 2.00 e. The Labute approximate surface area is 197 Å². The molecule has 0 fully saturated rings. The monoisotopic (exact) mass is 573 g/mol. The van der Waals surface area contributed by atoms with E-state index in [0.717, 1.165) is 21.4 Å². The molecule has 8 nitrogen and oxygen atoms in total. The first-order valence-corrected chi connectivity index (χ1v) is 9.18. The molecule has 2 rings (SSSR count). The standard InChI is InChI=1S/2C5H8O2.2C4H3BrN2.Co/c2*1-4(6)3-5(2)7;2*5-4-3-6-1-2-7-4;/h2*3,6H,1-2H3;2*1-3H;/q;;;;+2/p-2/b2*4-3-;;;. The first kappa shape index (κ1) is 31.7. The number of hydrogen-bond donors (Lipinski definition) is 0. The molecule has 0 amide bonds. The predicted molar refractivity (Wildman–Crippen MR) is 108 cm³/mol. The Kier molecular flexibility index (Phi) is 22.7. The van der Waals surface area contributed by atoms with Gasteiger partial charge in [-0.05, 0) is 57.9 Å². The molecule has 159 valence electrons. The molecule has 0 bridgehead atoms. The van der Waals surface area contributed by atoms with Gasteiger partial charge in [-0.15, -0.1) is 11.5 Å². The number of ketones is 2. The average Bonchev–Trinajstić information content (AvgIpc) is 2.55. The number of nitrogens with zero attached hydrogens (tertiary/aromatic N) is 4. The van der Waals surface area contributed by atoms with Crippen molar-refractivity contribution >= 4 is 43.4 Å². The molecule has 2 aromatic heterocycles. The zero-order valence-electron chi connectivity index (χ0n) is 16.1. The van der Waals surface area contributed by atoms with Gasteiger partial charge in [-0.1, -0.05) is 13.8 Å². The number of carbonyl (C=O) groups is 2. The van der Waals surface area contributed by atoms with Gasteiger partial charge in [0, 0.05) is 24.8 Å². The van der Waals surface area contributed by atoms with E-state index >= 15 is 0 Å². The summed E-state index contributed by atoms with van der Waals surface area (Å²) < 4.78 is 1.55. The zero-order valence-corrected chi connectivity index (χ0v) is 20.3. The summed E-state index contributed by atoms with van der Waals surface area (Å²) in [5.41, 5.74) is 0. The molecule has 0 aliphatic rings. The van der Waals surface area contributed by atoms with Crippen LogP contribution >= 0.6 is 31.9 Å². The number of aromatic nitrogens is 4. The van der Waals surface area contributed by atoms with Crippen LogP contribution in [0, 0.1) is 0 Å². The molecule has 11 heteroatoms. The fourth-order valence-corrected chi connectivity index (χ4v) is 1.61. The van der Waals surface area contributed by atoms with Crippen LogP contribution in [0.1, 0.15) is 27.7 Å². The quantitative estimate of drug-likeness (QED) is 0.394. The first-order valence-electron chi connectivity index (χ1n) is 7.59. The Morgan fingerprint density at radius 3 is 1.14 bits per heavy atom. The van der Waals surface area contributed by atoms with Crippen molar-refractivity contribution in [2.75, 3.05) is 0 Å². The van der Waals surface area contributed by atoms with Gasteiger partial charge < -0.3 is 10.2 Å². The topological polar surface area (TPSA) is 132 Å². The molecule has 0 N–H and O–H groups in total. The van der Waals surface area contributed by atoms with Crippen LogP contribution < -0.4 is 10.2 Å². The maximum absolute atomic E-state index is 9.98. The normalized spacial score (nSPS) is 9.72. The van der Waals surface area contributed by atoms with Crippen LogP contribution in [0.5, 0.6) is 0 Å². The Bertz CT molecular complexity index is 687. The minimum atomic E-state index is -0.187. The summed E-state index contributed by atoms with van der Waals surface area (Å²) >= 11 is 6.28. The SMILES string of the molecule is Brc1cnccn1.Brc1cnccn1.CC(=O)/C=C(/C)[O-].CC(=O)/C=C(/C)[O-].[Co+2]. The van der Waals surface area contributed by atoms with Gasteiger partial charge in [0.2, 0.25) is 0 Å². The predicted octanol–water partition coefficient (Wildman–Crippen LogP) is 2.15. The summed E-state index contributed by atoms with van der Waals surface area (Å²) in [4.78, 5) is 35.2. The Hall–Kier alpha value is -1.95. The molecular weight excluding hydrogens is 555 g/mol. The zero-order chi connectivity index (χ0) is 21.9. The van der Waals surface area contributed by atoms with Gasteiger partial charge in [0.05, 0.1) is 12.4 Å². The van der Waals surface area contributed by atoms with Crippen molar-refractivity contribution in [3.8, 4) is 0 Å². The molecule has 2 aromatic rings. The summed E-state index contributed by atoms with van der Waals surface area (Å²) in [6.07, 6.45) is 11.9. The van der Waals surface area contributed by atoms with Crippen LogP contribution in [0.15, 0.2) is 70.1 Å². The van der Waals surface area contributed by atoms with Crippen molar-refractivity contribution < 1.29 is 36.6 Å². The van der Waals surface area contributed by atoms with Crippen LogP contribution in [0.25, 0.3) is 0 Å². The Balaban J connectivity index is -0.000000307. The number of carbonyl (C=O) groups excluding carboxylic acids is 2. The van der Waals surface area contributed by atoms with Gasteiger partial charge in [-0.3, -0.25) is 19.6 Å². The summed E-state index contributed by atoms with van der Waals surface area (Å²) in [7, 11) is 0. The summed E-state index contributed by atoms with van der Waals surface area (Å²) in [5, 5.41) is 20.0. The van der Waals surface area contributed by atoms with Crippen molar-refractivity contribution in [2.45, 2.75) is 27.7 Å². The molecule has 0 saturated carbocycles. The minimum absolute atomic E-state index is 0. The van der Waals surface area contributed by atoms with Crippen LogP contribution in [0.4, 0.5) is 0 Å². The molecule has 0 unspecified atom stereocenters. The number of rotatable bonds is 2. The second kappa shape index (κ2) is 20.8. The van der Waals surface area contributed by atoms with Gasteiger partial charge in [-0.25, -0.2) is 9.97 Å². The Morgan fingerprint density at radius 1 is 0.759 bits per heavy atom. The Morgan fingerprint density at radius 2 is 1.07 bits per heavy atom. The second-order valence-electron chi connectivity index (χ2n) is 4.79. The van der Waals surface area contributed by atoms with E-state index in [9.17, 15) is 19.8 Å². The average molecular weight is 575 g/mol. The molecule has 0 atom stereocenters. The molecule has 0 aliphatic carbocycles. The second-order valence-corrected chi connectivity index (χ2v) is 6.41. The molecule has 0 aliphatic heterocycles. The number of allylic oxidation sites excluding steroid dienone is 4. The summed E-state index contributed by atoms with van der Waals surface area (Å²) in [6, 6.07) is 0. The third kappa shape index (κ3) is 31.0. The van der Waals surface area contributed by atoms with Crippen molar-refractivity contribution in [1.29, 1.82) is 0 Å². The third-order valence-corrected chi connectivity index (χ3v) is 2.70. The molecular formula is C18H20Br2CoN4O4. The van der Waals surface area contributed by atoms with Crippen LogP contribution in [0.2, 0.25) is 0 Å². The molecule has 0 spiro atoms. The molecule has 29 heavy (non-hydrogen) atoms. The van der Waals surface area contributed by atoms with Gasteiger partial charge in [0.15, 0.2) is 11.6 Å². The van der Waals surface area contributed by atoms with Crippen LogP contribution in [-0.2, 0) is 26.4 Å². The van der Waals surface area contributed by atoms with Gasteiger partial charge >= 0.3 is 16.8 Å². The maximum atomic E-state index is 9.98. The van der Waals surface area contributed by atoms with Crippen molar-refractivity contribution in [1.82, 2.24) is 19.9 Å². The smallest absolute Gasteiger partial charge is 0.876 e. The van der Waals surface area contributed by atoms with Gasteiger partial charge in [-0.2, -0.15) is 0 Å².